The molecular weight excluding hydrogens is 410 g/mol. The van der Waals surface area contributed by atoms with Gasteiger partial charge in [-0.05, 0) is 70.6 Å². The Bertz CT molecular complexity index is 395. The fourth-order valence-electron chi connectivity index (χ4n) is 3.35. The Morgan fingerprint density at radius 1 is 0.906 bits per heavy atom. The maximum absolute atomic E-state index is 9.37. The van der Waals surface area contributed by atoms with Crippen molar-refractivity contribution in [3.8, 4) is 0 Å². The van der Waals surface area contributed by atoms with Gasteiger partial charge in [-0.3, -0.25) is 9.59 Å². The topological polar surface area (TPSA) is 163 Å². The van der Waals surface area contributed by atoms with Gasteiger partial charge < -0.3 is 37.6 Å². The minimum absolute atomic E-state index is 0.0727. The number of carboxylic acid groups (broad SMARTS) is 2. The van der Waals surface area contributed by atoms with Gasteiger partial charge in [-0.1, -0.05) is 33.1 Å². The summed E-state index contributed by atoms with van der Waals surface area (Å²) in [5, 5.41) is 25.3. The van der Waals surface area contributed by atoms with Crippen molar-refractivity contribution in [2.24, 2.45) is 23.3 Å². The van der Waals surface area contributed by atoms with E-state index in [1.807, 2.05) is 6.92 Å². The third kappa shape index (κ3) is 26.8. The summed E-state index contributed by atoms with van der Waals surface area (Å²) in [6.07, 6.45) is 10.7. The zero-order chi connectivity index (χ0) is 24.6. The quantitative estimate of drug-likeness (QED) is 0.254. The number of carbonyl (C=O) groups is 2. The van der Waals surface area contributed by atoms with E-state index in [1.54, 1.807) is 13.8 Å². The molecule has 9 heteroatoms. The fraction of sp³-hybridized carbons (Fsp3) is 0.913. The number of nitrogens with one attached hydrogen (secondary N) is 3. The molecule has 2 fully saturated rings. The molecule has 0 saturated carbocycles. The molecule has 192 valence electrons. The fourth-order valence-corrected chi connectivity index (χ4v) is 3.35. The van der Waals surface area contributed by atoms with Crippen molar-refractivity contribution >= 4 is 11.9 Å². The number of nitrogens with two attached hydrogens (primary N) is 2. The van der Waals surface area contributed by atoms with Crippen LogP contribution in [-0.4, -0.2) is 67.6 Å². The lowest BCUT2D eigenvalue weighted by Crippen LogP contribution is -2.37. The Morgan fingerprint density at radius 2 is 1.25 bits per heavy atom. The Hall–Kier alpha value is -1.26. The van der Waals surface area contributed by atoms with Crippen LogP contribution in [0.3, 0.4) is 0 Å². The second kappa shape index (κ2) is 24.4. The summed E-state index contributed by atoms with van der Waals surface area (Å²) in [5.74, 6) is 0.580. The van der Waals surface area contributed by atoms with E-state index in [1.165, 1.54) is 71.1 Å². The zero-order valence-corrected chi connectivity index (χ0v) is 20.7. The number of piperidine rings is 2. The third-order valence-corrected chi connectivity index (χ3v) is 5.36. The SMILES string of the molecule is C(CC1CCNCC1)CC1CCNCC1.CC(N)NCCN.CCC(=O)O.CCC(=O)O. The summed E-state index contributed by atoms with van der Waals surface area (Å²) < 4.78 is 0. The lowest BCUT2D eigenvalue weighted by molar-refractivity contribution is -0.137. The van der Waals surface area contributed by atoms with Crippen LogP contribution in [0.25, 0.3) is 0 Å². The molecule has 2 heterocycles. The molecule has 1 atom stereocenters. The summed E-state index contributed by atoms with van der Waals surface area (Å²) in [7, 11) is 0. The van der Waals surface area contributed by atoms with Gasteiger partial charge in [0.1, 0.15) is 0 Å². The van der Waals surface area contributed by atoms with Gasteiger partial charge in [0.25, 0.3) is 0 Å². The predicted octanol–water partition coefficient (Wildman–Crippen LogP) is 1.96. The number of aliphatic carboxylic acids is 2. The monoisotopic (exact) mass is 461 g/mol. The number of hydrogen-bond donors (Lipinski definition) is 7. The van der Waals surface area contributed by atoms with Crippen molar-refractivity contribution in [1.82, 2.24) is 16.0 Å². The molecule has 9 nitrogen and oxygen atoms in total. The van der Waals surface area contributed by atoms with Gasteiger partial charge in [-0.15, -0.1) is 0 Å². The first kappa shape index (κ1) is 32.9. The van der Waals surface area contributed by atoms with Crippen LogP contribution in [0.4, 0.5) is 0 Å². The number of carboxylic acids is 2. The number of rotatable bonds is 9. The lowest BCUT2D eigenvalue weighted by atomic mass is 9.87. The maximum Gasteiger partial charge on any atom is 0.303 e. The van der Waals surface area contributed by atoms with Crippen molar-refractivity contribution in [3.05, 3.63) is 0 Å². The summed E-state index contributed by atoms with van der Waals surface area (Å²) >= 11 is 0. The van der Waals surface area contributed by atoms with E-state index in [0.717, 1.165) is 18.4 Å². The molecule has 2 rings (SSSR count). The van der Waals surface area contributed by atoms with Gasteiger partial charge in [0.2, 0.25) is 0 Å². The molecule has 2 aliphatic heterocycles. The highest BCUT2D eigenvalue weighted by Crippen LogP contribution is 2.23. The van der Waals surface area contributed by atoms with Gasteiger partial charge in [0.15, 0.2) is 0 Å². The molecule has 0 aromatic carbocycles. The first-order valence-electron chi connectivity index (χ1n) is 12.3. The van der Waals surface area contributed by atoms with Gasteiger partial charge in [0, 0.05) is 25.9 Å². The van der Waals surface area contributed by atoms with Crippen molar-refractivity contribution in [3.63, 3.8) is 0 Å². The van der Waals surface area contributed by atoms with Crippen LogP contribution in [0.5, 0.6) is 0 Å². The molecule has 0 aliphatic carbocycles. The van der Waals surface area contributed by atoms with Crippen molar-refractivity contribution < 1.29 is 19.8 Å². The standard InChI is InChI=1S/C13H26N2.C4H13N3.2C3H6O2/c1(2-12-4-8-14-9-5-12)3-13-6-10-15-11-7-13;1-4(6)7-3-2-5;2*1-2-3(4)5/h12-15H,1-11H2;4,7H,2-3,5-6H2,1H3;2*2H2,1H3,(H,4,5). The summed E-state index contributed by atoms with van der Waals surface area (Å²) in [6, 6.07) is 0. The Balaban J connectivity index is 0. The van der Waals surface area contributed by atoms with Crippen LogP contribution >= 0.6 is 0 Å². The van der Waals surface area contributed by atoms with Crippen molar-refractivity contribution in [1.29, 1.82) is 0 Å². The van der Waals surface area contributed by atoms with E-state index in [0.29, 0.717) is 6.54 Å². The number of hydrogen-bond acceptors (Lipinski definition) is 7. The van der Waals surface area contributed by atoms with Crippen molar-refractivity contribution in [2.75, 3.05) is 39.3 Å². The van der Waals surface area contributed by atoms with Crippen LogP contribution in [0.1, 0.15) is 78.6 Å². The molecule has 0 amide bonds. The average molecular weight is 462 g/mol. The van der Waals surface area contributed by atoms with Crippen LogP contribution < -0.4 is 27.4 Å². The van der Waals surface area contributed by atoms with E-state index in [2.05, 4.69) is 16.0 Å². The highest BCUT2D eigenvalue weighted by molar-refractivity contribution is 5.66. The molecule has 0 spiro atoms. The van der Waals surface area contributed by atoms with Gasteiger partial charge in [-0.2, -0.15) is 0 Å². The Kier molecular flexibility index (Phi) is 25.1. The molecule has 9 N–H and O–H groups in total. The van der Waals surface area contributed by atoms with E-state index in [4.69, 9.17) is 21.7 Å². The van der Waals surface area contributed by atoms with Crippen LogP contribution in [0.2, 0.25) is 0 Å². The van der Waals surface area contributed by atoms with E-state index >= 15 is 0 Å². The van der Waals surface area contributed by atoms with Gasteiger partial charge in [-0.25, -0.2) is 0 Å². The van der Waals surface area contributed by atoms with Crippen LogP contribution in [-0.2, 0) is 9.59 Å². The zero-order valence-electron chi connectivity index (χ0n) is 20.7. The highest BCUT2D eigenvalue weighted by Gasteiger charge is 2.15. The molecule has 0 radical (unpaired) electrons. The summed E-state index contributed by atoms with van der Waals surface area (Å²) in [6.45, 7) is 11.6. The smallest absolute Gasteiger partial charge is 0.303 e. The normalized spacial score (nSPS) is 17.4. The lowest BCUT2D eigenvalue weighted by Gasteiger charge is -2.25. The molecule has 2 aliphatic rings. The summed E-state index contributed by atoms with van der Waals surface area (Å²) in [4.78, 5) is 18.7. The first-order valence-corrected chi connectivity index (χ1v) is 12.3. The molecule has 0 bridgehead atoms. The molecule has 1 unspecified atom stereocenters. The predicted molar refractivity (Wildman–Crippen MR) is 132 cm³/mol. The Labute approximate surface area is 195 Å². The van der Waals surface area contributed by atoms with Crippen molar-refractivity contribution in [2.45, 2.75) is 84.7 Å². The molecule has 32 heavy (non-hydrogen) atoms. The second-order valence-corrected chi connectivity index (χ2v) is 8.34. The van der Waals surface area contributed by atoms with E-state index in [-0.39, 0.29) is 19.0 Å². The molecule has 2 saturated heterocycles. The van der Waals surface area contributed by atoms with Gasteiger partial charge >= 0.3 is 11.9 Å². The second-order valence-electron chi connectivity index (χ2n) is 8.34. The largest absolute Gasteiger partial charge is 0.481 e. The molecular formula is C23H51N5O4. The average Bonchev–Trinajstić information content (AvgIpc) is 2.80. The van der Waals surface area contributed by atoms with E-state index < -0.39 is 11.9 Å². The Morgan fingerprint density at radius 3 is 1.47 bits per heavy atom. The minimum Gasteiger partial charge on any atom is -0.481 e. The van der Waals surface area contributed by atoms with Gasteiger partial charge in [0.05, 0.1) is 6.17 Å². The van der Waals surface area contributed by atoms with E-state index in [9.17, 15) is 9.59 Å². The van der Waals surface area contributed by atoms with Crippen LogP contribution in [0, 0.1) is 11.8 Å². The first-order chi connectivity index (χ1) is 15.3. The third-order valence-electron chi connectivity index (χ3n) is 5.36. The summed E-state index contributed by atoms with van der Waals surface area (Å²) in [5.41, 5.74) is 10.5. The maximum atomic E-state index is 9.37. The van der Waals surface area contributed by atoms with Crippen LogP contribution in [0.15, 0.2) is 0 Å². The highest BCUT2D eigenvalue weighted by atomic mass is 16.4. The molecule has 0 aromatic heterocycles. The molecule has 0 aromatic rings. The minimum atomic E-state index is -0.745.